The monoisotopic (exact) mass is 282 g/mol. The predicted octanol–water partition coefficient (Wildman–Crippen LogP) is 3.09. The van der Waals surface area contributed by atoms with Gasteiger partial charge in [0, 0.05) is 10.6 Å². The summed E-state index contributed by atoms with van der Waals surface area (Å²) in [7, 11) is -1.14. The van der Waals surface area contributed by atoms with E-state index in [9.17, 15) is 9.00 Å². The molecule has 1 aromatic rings. The lowest BCUT2D eigenvalue weighted by Crippen LogP contribution is -2.24. The fraction of sp³-hybridized carbons (Fsp3) is 0.533. The van der Waals surface area contributed by atoms with Crippen LogP contribution in [0.4, 0.5) is 0 Å². The molecule has 106 valence electrons. The first kappa shape index (κ1) is 15.9. The maximum absolute atomic E-state index is 12.0. The minimum atomic E-state index is -1.14. The van der Waals surface area contributed by atoms with Crippen molar-refractivity contribution in [1.82, 2.24) is 0 Å². The number of esters is 1. The van der Waals surface area contributed by atoms with Crippen molar-refractivity contribution in [2.24, 2.45) is 0 Å². The fourth-order valence-electron chi connectivity index (χ4n) is 1.56. The lowest BCUT2D eigenvalue weighted by Gasteiger charge is -2.19. The minimum Gasteiger partial charge on any atom is -0.460 e. The second-order valence-corrected chi connectivity index (χ2v) is 6.95. The molecule has 0 spiro atoms. The van der Waals surface area contributed by atoms with Crippen LogP contribution in [-0.2, 0) is 26.8 Å². The van der Waals surface area contributed by atoms with Crippen molar-refractivity contribution in [2.45, 2.75) is 51.0 Å². The van der Waals surface area contributed by atoms with Crippen molar-refractivity contribution in [2.75, 3.05) is 5.75 Å². The van der Waals surface area contributed by atoms with E-state index in [1.807, 2.05) is 45.0 Å². The summed E-state index contributed by atoms with van der Waals surface area (Å²) in [6.45, 7) is 7.55. The Labute approximate surface area is 117 Å². The van der Waals surface area contributed by atoms with Crippen molar-refractivity contribution in [1.29, 1.82) is 0 Å². The third kappa shape index (κ3) is 6.01. The molecule has 3 nitrogen and oxygen atoms in total. The number of benzene rings is 1. The van der Waals surface area contributed by atoms with Crippen molar-refractivity contribution in [3.63, 3.8) is 0 Å². The Morgan fingerprint density at radius 1 is 1.21 bits per heavy atom. The van der Waals surface area contributed by atoms with Crippen LogP contribution in [-0.4, -0.2) is 21.5 Å². The summed E-state index contributed by atoms with van der Waals surface area (Å²) in [4.78, 5) is 12.3. The first-order valence-corrected chi connectivity index (χ1v) is 7.83. The molecule has 0 amide bonds. The van der Waals surface area contributed by atoms with Gasteiger partial charge in [0.2, 0.25) is 0 Å². The summed E-state index contributed by atoms with van der Waals surface area (Å²) in [5.41, 5.74) is 0.731. The second-order valence-electron chi connectivity index (χ2n) is 5.38. The molecule has 0 aliphatic rings. The van der Waals surface area contributed by atoms with Gasteiger partial charge in [-0.05, 0) is 44.9 Å². The van der Waals surface area contributed by atoms with Crippen LogP contribution < -0.4 is 0 Å². The Hall–Kier alpha value is -1.16. The summed E-state index contributed by atoms with van der Waals surface area (Å²) >= 11 is 0. The Balaban J connectivity index is 2.49. The second kappa shape index (κ2) is 6.85. The topological polar surface area (TPSA) is 43.4 Å². The molecule has 0 bridgehead atoms. The lowest BCUT2D eigenvalue weighted by molar-refractivity contribution is -0.154. The number of aryl methyl sites for hydroxylation is 1. The molecule has 0 heterocycles. The average molecular weight is 282 g/mol. The van der Waals surface area contributed by atoms with Crippen molar-refractivity contribution in [3.05, 3.63) is 29.8 Å². The molecule has 1 unspecified atom stereocenters. The van der Waals surface area contributed by atoms with E-state index < -0.39 is 16.4 Å². The molecule has 0 aliphatic heterocycles. The molecule has 0 saturated heterocycles. The Morgan fingerprint density at radius 3 is 2.26 bits per heavy atom. The smallest absolute Gasteiger partial charge is 0.307 e. The van der Waals surface area contributed by atoms with Gasteiger partial charge in [0.05, 0.1) is 17.2 Å². The summed E-state index contributed by atoms with van der Waals surface area (Å²) in [5.74, 6) is 0.00596. The standard InChI is InChI=1S/C15H22O3S/c1-5-12-6-8-13(9-7-12)19(17)11-10-14(16)18-15(2,3)4/h6-9H,5,10-11H2,1-4H3. The van der Waals surface area contributed by atoms with Gasteiger partial charge in [-0.1, -0.05) is 19.1 Å². The number of rotatable bonds is 5. The third-order valence-corrected chi connectivity index (χ3v) is 3.88. The molecule has 1 atom stereocenters. The molecule has 1 rings (SSSR count). The zero-order chi connectivity index (χ0) is 14.5. The summed E-state index contributed by atoms with van der Waals surface area (Å²) in [5, 5.41) is 0. The number of hydrogen-bond acceptors (Lipinski definition) is 3. The zero-order valence-corrected chi connectivity index (χ0v) is 12.9. The van der Waals surface area contributed by atoms with Gasteiger partial charge >= 0.3 is 5.97 Å². The van der Waals surface area contributed by atoms with Crippen molar-refractivity contribution in [3.8, 4) is 0 Å². The SMILES string of the molecule is CCc1ccc(S(=O)CCC(=O)OC(C)(C)C)cc1. The first-order chi connectivity index (χ1) is 8.81. The van der Waals surface area contributed by atoms with Crippen LogP contribution in [0.3, 0.4) is 0 Å². The minimum absolute atomic E-state index is 0.180. The molecule has 0 radical (unpaired) electrons. The highest BCUT2D eigenvalue weighted by molar-refractivity contribution is 7.85. The predicted molar refractivity (Wildman–Crippen MR) is 77.6 cm³/mol. The van der Waals surface area contributed by atoms with E-state index in [-0.39, 0.29) is 12.4 Å². The average Bonchev–Trinajstić information content (AvgIpc) is 2.34. The highest BCUT2D eigenvalue weighted by Crippen LogP contribution is 2.12. The van der Waals surface area contributed by atoms with Crippen LogP contribution in [0.2, 0.25) is 0 Å². The Morgan fingerprint density at radius 2 is 1.79 bits per heavy atom. The van der Waals surface area contributed by atoms with E-state index >= 15 is 0 Å². The van der Waals surface area contributed by atoms with Gasteiger partial charge in [0.25, 0.3) is 0 Å². The zero-order valence-electron chi connectivity index (χ0n) is 12.1. The molecule has 0 saturated carbocycles. The Kier molecular flexibility index (Phi) is 5.73. The maximum atomic E-state index is 12.0. The van der Waals surface area contributed by atoms with Crippen LogP contribution >= 0.6 is 0 Å². The van der Waals surface area contributed by atoms with Crippen LogP contribution in [0.1, 0.15) is 39.7 Å². The van der Waals surface area contributed by atoms with Crippen molar-refractivity contribution < 1.29 is 13.7 Å². The molecule has 4 heteroatoms. The summed E-state index contributed by atoms with van der Waals surface area (Å²) in [6, 6.07) is 7.68. The number of hydrogen-bond donors (Lipinski definition) is 0. The first-order valence-electron chi connectivity index (χ1n) is 6.51. The van der Waals surface area contributed by atoms with E-state index in [0.29, 0.717) is 5.75 Å². The van der Waals surface area contributed by atoms with Gasteiger partial charge in [0.1, 0.15) is 5.60 Å². The molecule has 0 fully saturated rings. The molecule has 0 N–H and O–H groups in total. The molecular formula is C15H22O3S. The van der Waals surface area contributed by atoms with E-state index in [0.717, 1.165) is 11.3 Å². The number of carbonyl (C=O) groups excluding carboxylic acids is 1. The van der Waals surface area contributed by atoms with Crippen LogP contribution in [0.5, 0.6) is 0 Å². The van der Waals surface area contributed by atoms with Crippen molar-refractivity contribution >= 4 is 16.8 Å². The summed E-state index contributed by atoms with van der Waals surface area (Å²) in [6.07, 6.45) is 1.14. The highest BCUT2D eigenvalue weighted by atomic mass is 32.2. The normalized spacial score (nSPS) is 13.1. The molecule has 1 aromatic carbocycles. The van der Waals surface area contributed by atoms with Crippen LogP contribution in [0, 0.1) is 0 Å². The van der Waals surface area contributed by atoms with Gasteiger partial charge in [-0.2, -0.15) is 0 Å². The van der Waals surface area contributed by atoms with E-state index in [1.54, 1.807) is 0 Å². The van der Waals surface area contributed by atoms with Crippen LogP contribution in [0.15, 0.2) is 29.2 Å². The largest absolute Gasteiger partial charge is 0.460 e. The highest BCUT2D eigenvalue weighted by Gasteiger charge is 2.17. The van der Waals surface area contributed by atoms with E-state index in [2.05, 4.69) is 6.92 Å². The van der Waals surface area contributed by atoms with Gasteiger partial charge in [-0.15, -0.1) is 0 Å². The van der Waals surface area contributed by atoms with Crippen LogP contribution in [0.25, 0.3) is 0 Å². The van der Waals surface area contributed by atoms with E-state index in [4.69, 9.17) is 4.74 Å². The van der Waals surface area contributed by atoms with Gasteiger partial charge in [0.15, 0.2) is 0 Å². The molecule has 19 heavy (non-hydrogen) atoms. The lowest BCUT2D eigenvalue weighted by atomic mass is 10.2. The quantitative estimate of drug-likeness (QED) is 0.779. The van der Waals surface area contributed by atoms with E-state index in [1.165, 1.54) is 5.56 Å². The maximum Gasteiger partial charge on any atom is 0.307 e. The molecular weight excluding hydrogens is 260 g/mol. The number of ether oxygens (including phenoxy) is 1. The van der Waals surface area contributed by atoms with Gasteiger partial charge in [-0.25, -0.2) is 0 Å². The van der Waals surface area contributed by atoms with Gasteiger partial charge < -0.3 is 4.74 Å². The third-order valence-electron chi connectivity index (χ3n) is 2.51. The molecule has 0 aromatic heterocycles. The molecule has 0 aliphatic carbocycles. The fourth-order valence-corrected chi connectivity index (χ4v) is 2.59. The summed E-state index contributed by atoms with van der Waals surface area (Å²) < 4.78 is 17.2. The van der Waals surface area contributed by atoms with Gasteiger partial charge in [-0.3, -0.25) is 9.00 Å². The number of carbonyl (C=O) groups is 1. The Bertz CT molecular complexity index is 443.